The van der Waals surface area contributed by atoms with E-state index in [4.69, 9.17) is 11.6 Å². The topological polar surface area (TPSA) is 77.2 Å². The van der Waals surface area contributed by atoms with Gasteiger partial charge in [-0.3, -0.25) is 4.79 Å². The van der Waals surface area contributed by atoms with Gasteiger partial charge in [-0.15, -0.1) is 0 Å². The highest BCUT2D eigenvalue weighted by atomic mass is 35.5. The number of amides is 3. The smallest absolute Gasteiger partial charge is 0.319 e. The molecular formula is C22H23ClN4O2. The first kappa shape index (κ1) is 19.3. The normalized spacial score (nSPS) is 16.8. The molecular weight excluding hydrogens is 388 g/mol. The molecule has 1 atom stereocenters. The molecule has 3 N–H and O–H groups in total. The molecule has 1 aromatic heterocycles. The van der Waals surface area contributed by atoms with Gasteiger partial charge in [0.25, 0.3) is 0 Å². The van der Waals surface area contributed by atoms with Crippen LogP contribution in [0.2, 0.25) is 5.02 Å². The van der Waals surface area contributed by atoms with Gasteiger partial charge in [0, 0.05) is 48.8 Å². The minimum atomic E-state index is -0.279. The van der Waals surface area contributed by atoms with Gasteiger partial charge >= 0.3 is 6.03 Å². The van der Waals surface area contributed by atoms with Crippen molar-refractivity contribution in [3.05, 3.63) is 65.3 Å². The Morgan fingerprint density at radius 1 is 1.21 bits per heavy atom. The second-order valence-corrected chi connectivity index (χ2v) is 7.80. The van der Waals surface area contributed by atoms with Crippen LogP contribution in [0.4, 0.5) is 10.5 Å². The van der Waals surface area contributed by atoms with Crippen LogP contribution in [0.5, 0.6) is 0 Å². The summed E-state index contributed by atoms with van der Waals surface area (Å²) < 4.78 is 0. The lowest BCUT2D eigenvalue weighted by Gasteiger charge is -2.32. The third kappa shape index (κ3) is 4.71. The molecule has 0 radical (unpaired) electrons. The summed E-state index contributed by atoms with van der Waals surface area (Å²) in [4.78, 5) is 29.5. The van der Waals surface area contributed by atoms with Crippen molar-refractivity contribution in [2.24, 2.45) is 5.92 Å². The largest absolute Gasteiger partial charge is 0.361 e. The van der Waals surface area contributed by atoms with E-state index in [-0.39, 0.29) is 17.9 Å². The zero-order chi connectivity index (χ0) is 20.2. The van der Waals surface area contributed by atoms with Crippen LogP contribution in [0.3, 0.4) is 0 Å². The Hall–Kier alpha value is -2.99. The third-order valence-electron chi connectivity index (χ3n) is 5.24. The van der Waals surface area contributed by atoms with E-state index in [9.17, 15) is 9.59 Å². The number of urea groups is 1. The first-order chi connectivity index (χ1) is 14.1. The predicted molar refractivity (Wildman–Crippen MR) is 115 cm³/mol. The second-order valence-electron chi connectivity index (χ2n) is 7.40. The van der Waals surface area contributed by atoms with E-state index < -0.39 is 0 Å². The molecule has 1 saturated heterocycles. The molecule has 1 aliphatic rings. The zero-order valence-electron chi connectivity index (χ0n) is 16.0. The zero-order valence-corrected chi connectivity index (χ0v) is 16.7. The highest BCUT2D eigenvalue weighted by Gasteiger charge is 2.26. The number of hydrogen-bond donors (Lipinski definition) is 3. The molecule has 29 heavy (non-hydrogen) atoms. The van der Waals surface area contributed by atoms with Gasteiger partial charge in [0.1, 0.15) is 0 Å². The second kappa shape index (κ2) is 8.57. The molecule has 2 heterocycles. The SMILES string of the molecule is O=C(NCC1CCC(=O)N(Cc2ccccc2)C1)Nc1cc(Cl)c2cc[nH]c2c1. The standard InChI is InChI=1S/C22H23ClN4O2/c23-19-10-17(11-20-18(19)8-9-24-20)26-22(29)25-12-16-6-7-21(28)27(14-16)13-15-4-2-1-3-5-15/h1-5,8-11,16,24H,6-7,12-14H2,(H2,25,26,29). The van der Waals surface area contributed by atoms with Crippen LogP contribution in [0.15, 0.2) is 54.7 Å². The van der Waals surface area contributed by atoms with Gasteiger partial charge in [-0.2, -0.15) is 0 Å². The number of nitrogens with one attached hydrogen (secondary N) is 3. The fraction of sp³-hybridized carbons (Fsp3) is 0.273. The molecule has 3 aromatic rings. The van der Waals surface area contributed by atoms with E-state index >= 15 is 0 Å². The summed E-state index contributed by atoms with van der Waals surface area (Å²) in [6.07, 6.45) is 3.11. The van der Waals surface area contributed by atoms with Gasteiger partial charge in [0.2, 0.25) is 5.91 Å². The molecule has 0 bridgehead atoms. The van der Waals surface area contributed by atoms with Crippen molar-refractivity contribution >= 4 is 40.1 Å². The Morgan fingerprint density at radius 3 is 2.86 bits per heavy atom. The fourth-order valence-corrected chi connectivity index (χ4v) is 4.00. The van der Waals surface area contributed by atoms with Crippen molar-refractivity contribution in [3.8, 4) is 0 Å². The average molecular weight is 411 g/mol. The molecule has 0 spiro atoms. The number of fused-ring (bicyclic) bond motifs is 1. The number of carbonyl (C=O) groups is 2. The molecule has 1 fully saturated rings. The lowest BCUT2D eigenvalue weighted by molar-refractivity contribution is -0.135. The summed E-state index contributed by atoms with van der Waals surface area (Å²) in [5.41, 5.74) is 2.62. The monoisotopic (exact) mass is 410 g/mol. The van der Waals surface area contributed by atoms with Gasteiger partial charge in [0.15, 0.2) is 0 Å². The molecule has 2 aromatic carbocycles. The lowest BCUT2D eigenvalue weighted by Crippen LogP contribution is -2.44. The fourth-order valence-electron chi connectivity index (χ4n) is 3.72. The van der Waals surface area contributed by atoms with E-state index in [2.05, 4.69) is 15.6 Å². The molecule has 7 heteroatoms. The number of aromatic amines is 1. The van der Waals surface area contributed by atoms with Crippen molar-refractivity contribution in [1.82, 2.24) is 15.2 Å². The number of H-pyrrole nitrogens is 1. The van der Waals surface area contributed by atoms with Crippen LogP contribution in [0.1, 0.15) is 18.4 Å². The molecule has 0 saturated carbocycles. The summed E-state index contributed by atoms with van der Waals surface area (Å²) >= 11 is 6.25. The Labute approximate surface area is 174 Å². The molecule has 3 amide bonds. The van der Waals surface area contributed by atoms with E-state index in [0.29, 0.717) is 36.8 Å². The summed E-state index contributed by atoms with van der Waals surface area (Å²) in [6, 6.07) is 15.2. The quantitative estimate of drug-likeness (QED) is 0.583. The molecule has 0 aliphatic carbocycles. The minimum Gasteiger partial charge on any atom is -0.361 e. The summed E-state index contributed by atoms with van der Waals surface area (Å²) in [5.74, 6) is 0.403. The first-order valence-electron chi connectivity index (χ1n) is 9.71. The highest BCUT2D eigenvalue weighted by molar-refractivity contribution is 6.35. The number of halogens is 1. The van der Waals surface area contributed by atoms with Crippen LogP contribution in [-0.2, 0) is 11.3 Å². The number of hydrogen-bond acceptors (Lipinski definition) is 2. The third-order valence-corrected chi connectivity index (χ3v) is 5.55. The molecule has 1 unspecified atom stereocenters. The Morgan fingerprint density at radius 2 is 2.03 bits per heavy atom. The van der Waals surface area contributed by atoms with Gasteiger partial charge < -0.3 is 20.5 Å². The van der Waals surface area contributed by atoms with Crippen LogP contribution in [-0.4, -0.2) is 34.9 Å². The predicted octanol–water partition coefficient (Wildman–Crippen LogP) is 4.38. The van der Waals surface area contributed by atoms with Crippen molar-refractivity contribution in [3.63, 3.8) is 0 Å². The molecule has 6 nitrogen and oxygen atoms in total. The summed E-state index contributed by atoms with van der Waals surface area (Å²) in [6.45, 7) is 1.77. The Balaban J connectivity index is 1.30. The number of likely N-dealkylation sites (tertiary alicyclic amines) is 1. The van der Waals surface area contributed by atoms with E-state index in [1.807, 2.05) is 53.6 Å². The maximum Gasteiger partial charge on any atom is 0.319 e. The summed E-state index contributed by atoms with van der Waals surface area (Å²) in [7, 11) is 0. The van der Waals surface area contributed by atoms with Crippen molar-refractivity contribution < 1.29 is 9.59 Å². The maximum atomic E-state index is 12.3. The van der Waals surface area contributed by atoms with E-state index in [1.165, 1.54) is 0 Å². The number of benzene rings is 2. The number of rotatable bonds is 5. The van der Waals surface area contributed by atoms with Crippen LogP contribution in [0.25, 0.3) is 10.9 Å². The van der Waals surface area contributed by atoms with E-state index in [0.717, 1.165) is 22.9 Å². The maximum absolute atomic E-state index is 12.3. The number of nitrogens with zero attached hydrogens (tertiary/aromatic N) is 1. The number of piperidine rings is 1. The lowest BCUT2D eigenvalue weighted by atomic mass is 9.97. The van der Waals surface area contributed by atoms with Crippen LogP contribution >= 0.6 is 11.6 Å². The molecule has 4 rings (SSSR count). The molecule has 1 aliphatic heterocycles. The van der Waals surface area contributed by atoms with Gasteiger partial charge in [-0.1, -0.05) is 41.9 Å². The van der Waals surface area contributed by atoms with Crippen molar-refractivity contribution in [2.45, 2.75) is 19.4 Å². The van der Waals surface area contributed by atoms with Crippen molar-refractivity contribution in [2.75, 3.05) is 18.4 Å². The average Bonchev–Trinajstić information content (AvgIpc) is 3.18. The van der Waals surface area contributed by atoms with Gasteiger partial charge in [-0.05, 0) is 36.1 Å². The van der Waals surface area contributed by atoms with E-state index in [1.54, 1.807) is 6.07 Å². The van der Waals surface area contributed by atoms with Gasteiger partial charge in [-0.25, -0.2) is 4.79 Å². The van der Waals surface area contributed by atoms with Crippen molar-refractivity contribution in [1.29, 1.82) is 0 Å². The summed E-state index contributed by atoms with van der Waals surface area (Å²) in [5, 5.41) is 7.25. The van der Waals surface area contributed by atoms with Crippen LogP contribution in [0, 0.1) is 5.92 Å². The van der Waals surface area contributed by atoms with Gasteiger partial charge in [0.05, 0.1) is 5.02 Å². The Kier molecular flexibility index (Phi) is 5.71. The highest BCUT2D eigenvalue weighted by Crippen LogP contribution is 2.27. The molecule has 150 valence electrons. The van der Waals surface area contributed by atoms with Crippen LogP contribution < -0.4 is 10.6 Å². The number of aromatic nitrogens is 1. The Bertz CT molecular complexity index is 1020. The number of carbonyl (C=O) groups excluding carboxylic acids is 2. The number of anilines is 1. The first-order valence-corrected chi connectivity index (χ1v) is 10.1. The minimum absolute atomic E-state index is 0.170.